The van der Waals surface area contributed by atoms with E-state index in [-0.39, 0.29) is 18.9 Å². The number of aryl methyl sites for hydroxylation is 1. The van der Waals surface area contributed by atoms with E-state index in [9.17, 15) is 14.4 Å². The van der Waals surface area contributed by atoms with Gasteiger partial charge in [0.25, 0.3) is 0 Å². The summed E-state index contributed by atoms with van der Waals surface area (Å²) in [7, 11) is 0. The summed E-state index contributed by atoms with van der Waals surface area (Å²) in [6, 6.07) is 6.70. The zero-order chi connectivity index (χ0) is 18.1. The summed E-state index contributed by atoms with van der Waals surface area (Å²) in [6.45, 7) is 5.76. The minimum absolute atomic E-state index is 0.154. The summed E-state index contributed by atoms with van der Waals surface area (Å²) in [5, 5.41) is 14.3. The minimum Gasteiger partial charge on any atom is -0.481 e. The number of hydrogen-bond acceptors (Lipinski definition) is 3. The molecule has 3 N–H and O–H groups in total. The third-order valence-corrected chi connectivity index (χ3v) is 3.67. The van der Waals surface area contributed by atoms with Crippen LogP contribution in [0.3, 0.4) is 0 Å². The quantitative estimate of drug-likeness (QED) is 0.645. The summed E-state index contributed by atoms with van der Waals surface area (Å²) in [6.07, 6.45) is 0.928. The molecule has 0 radical (unpaired) electrons. The summed E-state index contributed by atoms with van der Waals surface area (Å²) in [5.41, 5.74) is 1.67. The predicted molar refractivity (Wildman–Crippen MR) is 91.4 cm³/mol. The molecule has 0 saturated heterocycles. The van der Waals surface area contributed by atoms with E-state index in [2.05, 4.69) is 10.6 Å². The highest BCUT2D eigenvalue weighted by Crippen LogP contribution is 2.20. The topological polar surface area (TPSA) is 95.5 Å². The van der Waals surface area contributed by atoms with Crippen LogP contribution in [0, 0.1) is 12.8 Å². The fourth-order valence-corrected chi connectivity index (χ4v) is 2.32. The van der Waals surface area contributed by atoms with Crippen molar-refractivity contribution >= 4 is 17.8 Å². The van der Waals surface area contributed by atoms with Gasteiger partial charge in [-0.15, -0.1) is 0 Å². The molecule has 1 rings (SSSR count). The lowest BCUT2D eigenvalue weighted by Gasteiger charge is -2.19. The van der Waals surface area contributed by atoms with Crippen molar-refractivity contribution in [1.29, 1.82) is 0 Å². The number of carboxylic acids is 1. The average Bonchev–Trinajstić information content (AvgIpc) is 2.50. The lowest BCUT2D eigenvalue weighted by molar-refractivity contribution is -0.138. The van der Waals surface area contributed by atoms with E-state index in [4.69, 9.17) is 5.11 Å². The average molecular weight is 334 g/mol. The fraction of sp³-hybridized carbons (Fsp3) is 0.500. The van der Waals surface area contributed by atoms with E-state index in [1.165, 1.54) is 0 Å². The summed E-state index contributed by atoms with van der Waals surface area (Å²) in [5.74, 6) is -1.15. The maximum atomic E-state index is 12.0. The van der Waals surface area contributed by atoms with Gasteiger partial charge in [0, 0.05) is 6.42 Å². The smallest absolute Gasteiger partial charge is 0.305 e. The Balaban J connectivity index is 2.61. The van der Waals surface area contributed by atoms with Gasteiger partial charge >= 0.3 is 5.97 Å². The first kappa shape index (κ1) is 19.7. The molecule has 1 aromatic rings. The molecule has 132 valence electrons. The molecule has 0 aliphatic carbocycles. The molecule has 0 saturated carbocycles. The van der Waals surface area contributed by atoms with Gasteiger partial charge in [-0.25, -0.2) is 0 Å². The number of nitrogens with one attached hydrogen (secondary N) is 2. The zero-order valence-corrected chi connectivity index (χ0v) is 14.5. The van der Waals surface area contributed by atoms with Crippen LogP contribution in [-0.4, -0.2) is 29.4 Å². The molecule has 1 aromatic carbocycles. The Bertz CT molecular complexity index is 584. The van der Waals surface area contributed by atoms with E-state index < -0.39 is 17.9 Å². The first-order chi connectivity index (χ1) is 11.3. The lowest BCUT2D eigenvalue weighted by atomic mass is 9.99. The van der Waals surface area contributed by atoms with Crippen molar-refractivity contribution < 1.29 is 19.5 Å². The molecule has 2 amide bonds. The van der Waals surface area contributed by atoms with Crippen LogP contribution in [0.2, 0.25) is 0 Å². The van der Waals surface area contributed by atoms with Crippen LogP contribution in [0.25, 0.3) is 0 Å². The molecular weight excluding hydrogens is 308 g/mol. The Morgan fingerprint density at radius 1 is 1.12 bits per heavy atom. The largest absolute Gasteiger partial charge is 0.481 e. The Morgan fingerprint density at radius 2 is 1.79 bits per heavy atom. The number of carbonyl (C=O) groups excluding carboxylic acids is 2. The van der Waals surface area contributed by atoms with Crippen LogP contribution >= 0.6 is 0 Å². The number of benzene rings is 1. The highest BCUT2D eigenvalue weighted by molar-refractivity contribution is 5.85. The van der Waals surface area contributed by atoms with Crippen molar-refractivity contribution in [3.05, 3.63) is 35.4 Å². The number of carbonyl (C=O) groups is 3. The van der Waals surface area contributed by atoms with Crippen molar-refractivity contribution in [3.63, 3.8) is 0 Å². The van der Waals surface area contributed by atoms with Crippen LogP contribution in [0.4, 0.5) is 0 Å². The molecule has 6 nitrogen and oxygen atoms in total. The third-order valence-electron chi connectivity index (χ3n) is 3.67. The van der Waals surface area contributed by atoms with Crippen molar-refractivity contribution in [1.82, 2.24) is 10.6 Å². The van der Waals surface area contributed by atoms with Gasteiger partial charge in [-0.2, -0.15) is 0 Å². The van der Waals surface area contributed by atoms with Gasteiger partial charge in [-0.05, 0) is 30.4 Å². The molecule has 0 aliphatic rings. The first-order valence-corrected chi connectivity index (χ1v) is 8.13. The van der Waals surface area contributed by atoms with E-state index in [1.54, 1.807) is 12.1 Å². The Kier molecular flexibility index (Phi) is 7.95. The number of amides is 2. The van der Waals surface area contributed by atoms with Gasteiger partial charge in [0.2, 0.25) is 11.8 Å². The second-order valence-corrected chi connectivity index (χ2v) is 6.28. The number of aliphatic carboxylic acids is 1. The normalized spacial score (nSPS) is 11.8. The van der Waals surface area contributed by atoms with E-state index in [1.807, 2.05) is 32.9 Å². The van der Waals surface area contributed by atoms with Crippen molar-refractivity contribution in [2.24, 2.45) is 5.92 Å². The van der Waals surface area contributed by atoms with Crippen LogP contribution in [0.15, 0.2) is 24.3 Å². The Hall–Kier alpha value is -2.37. The van der Waals surface area contributed by atoms with Crippen molar-refractivity contribution in [2.45, 2.75) is 46.1 Å². The van der Waals surface area contributed by atoms with Gasteiger partial charge < -0.3 is 15.7 Å². The second kappa shape index (κ2) is 9.70. The van der Waals surface area contributed by atoms with Crippen LogP contribution < -0.4 is 10.6 Å². The molecule has 0 spiro atoms. The number of hydrogen-bond donors (Lipinski definition) is 3. The van der Waals surface area contributed by atoms with Crippen molar-refractivity contribution in [2.75, 3.05) is 6.54 Å². The van der Waals surface area contributed by atoms with Gasteiger partial charge in [-0.3, -0.25) is 14.4 Å². The molecule has 24 heavy (non-hydrogen) atoms. The van der Waals surface area contributed by atoms with Crippen molar-refractivity contribution in [3.8, 4) is 0 Å². The summed E-state index contributed by atoms with van der Waals surface area (Å²) in [4.78, 5) is 34.8. The van der Waals surface area contributed by atoms with E-state index >= 15 is 0 Å². The van der Waals surface area contributed by atoms with Gasteiger partial charge in [0.05, 0.1) is 19.0 Å². The molecule has 0 fully saturated rings. The molecule has 1 unspecified atom stereocenters. The second-order valence-electron chi connectivity index (χ2n) is 6.28. The maximum Gasteiger partial charge on any atom is 0.305 e. The molecule has 6 heteroatoms. The molecule has 0 heterocycles. The minimum atomic E-state index is -0.996. The van der Waals surface area contributed by atoms with Gasteiger partial charge in [-0.1, -0.05) is 38.1 Å². The first-order valence-electron chi connectivity index (χ1n) is 8.13. The number of carboxylic acid groups (broad SMARTS) is 1. The predicted octanol–water partition coefficient (Wildman–Crippen LogP) is 2.18. The highest BCUT2D eigenvalue weighted by atomic mass is 16.4. The Morgan fingerprint density at radius 3 is 2.38 bits per heavy atom. The van der Waals surface area contributed by atoms with E-state index in [0.717, 1.165) is 17.5 Å². The molecule has 0 bridgehead atoms. The third kappa shape index (κ3) is 7.26. The standard InChI is InChI=1S/C18H26N2O4/c1-12(2)8-9-16(21)19-11-17(22)20-15(10-18(23)24)14-7-5-4-6-13(14)3/h4-7,12,15H,8-11H2,1-3H3,(H,19,21)(H,20,22)(H,23,24). The van der Waals surface area contributed by atoms with Gasteiger partial charge in [0.1, 0.15) is 0 Å². The summed E-state index contributed by atoms with van der Waals surface area (Å²) >= 11 is 0. The van der Waals surface area contributed by atoms with Crippen LogP contribution in [0.5, 0.6) is 0 Å². The lowest BCUT2D eigenvalue weighted by Crippen LogP contribution is -2.39. The molecule has 0 aliphatic heterocycles. The van der Waals surface area contributed by atoms with Crippen LogP contribution in [-0.2, 0) is 14.4 Å². The SMILES string of the molecule is Cc1ccccc1C(CC(=O)O)NC(=O)CNC(=O)CCC(C)C. The molecule has 0 aromatic heterocycles. The van der Waals surface area contributed by atoms with Crippen LogP contribution in [0.1, 0.15) is 50.3 Å². The fourth-order valence-electron chi connectivity index (χ4n) is 2.32. The van der Waals surface area contributed by atoms with Gasteiger partial charge in [0.15, 0.2) is 0 Å². The highest BCUT2D eigenvalue weighted by Gasteiger charge is 2.19. The molecule has 1 atom stereocenters. The zero-order valence-electron chi connectivity index (χ0n) is 14.5. The van der Waals surface area contributed by atoms with E-state index in [0.29, 0.717) is 12.3 Å². The monoisotopic (exact) mass is 334 g/mol. The number of rotatable bonds is 9. The Labute approximate surface area is 142 Å². The maximum absolute atomic E-state index is 12.0. The molecular formula is C18H26N2O4. The summed E-state index contributed by atoms with van der Waals surface area (Å²) < 4.78 is 0.